The molecule has 1 N–H and O–H groups in total. The number of carbonyl (C=O) groups is 1. The number of rotatable bonds is 5. The van der Waals surface area contributed by atoms with E-state index in [4.69, 9.17) is 8.83 Å². The van der Waals surface area contributed by atoms with Crippen LogP contribution in [0.5, 0.6) is 0 Å². The minimum absolute atomic E-state index is 0.0552. The standard InChI is InChI=1S/C24H14IN3O5/c25-16-6-4-14(5-7-16)24-27-19-13-17(8-9-21(19)33-24)26-23(29)22-11-10-20(32-22)15-2-1-3-18(12-15)28(30)31/h1-13H,(H,26,29). The summed E-state index contributed by atoms with van der Waals surface area (Å²) in [6, 6.07) is 22.1. The lowest BCUT2D eigenvalue weighted by Gasteiger charge is -2.02. The zero-order valence-electron chi connectivity index (χ0n) is 16.8. The average molecular weight is 551 g/mol. The lowest BCUT2D eigenvalue weighted by atomic mass is 10.1. The summed E-state index contributed by atoms with van der Waals surface area (Å²) in [5, 5.41) is 13.8. The van der Waals surface area contributed by atoms with Gasteiger partial charge in [-0.1, -0.05) is 12.1 Å². The molecule has 0 spiro atoms. The maximum atomic E-state index is 12.7. The van der Waals surface area contributed by atoms with Crippen molar-refractivity contribution >= 4 is 51.0 Å². The minimum atomic E-state index is -0.482. The van der Waals surface area contributed by atoms with Gasteiger partial charge >= 0.3 is 0 Å². The number of fused-ring (bicyclic) bond motifs is 1. The molecule has 0 radical (unpaired) electrons. The first kappa shape index (κ1) is 20.9. The number of halogens is 1. The number of nitro groups is 1. The van der Waals surface area contributed by atoms with Crippen LogP contribution in [0.2, 0.25) is 0 Å². The van der Waals surface area contributed by atoms with Gasteiger partial charge in [0.25, 0.3) is 11.6 Å². The summed E-state index contributed by atoms with van der Waals surface area (Å²) in [6.07, 6.45) is 0. The number of anilines is 1. The first-order valence-corrected chi connectivity index (χ1v) is 10.9. The number of hydrogen-bond acceptors (Lipinski definition) is 6. The summed E-state index contributed by atoms with van der Waals surface area (Å²) >= 11 is 2.23. The number of aromatic nitrogens is 1. The van der Waals surface area contributed by atoms with Gasteiger partial charge in [-0.2, -0.15) is 0 Å². The molecule has 3 aromatic carbocycles. The Labute approximate surface area is 200 Å². The third kappa shape index (κ3) is 4.35. The minimum Gasteiger partial charge on any atom is -0.451 e. The third-order valence-corrected chi connectivity index (χ3v) is 5.63. The third-order valence-electron chi connectivity index (χ3n) is 4.91. The van der Waals surface area contributed by atoms with Gasteiger partial charge in [-0.05, 0) is 77.2 Å². The largest absolute Gasteiger partial charge is 0.451 e. The van der Waals surface area contributed by atoms with Crippen LogP contribution in [-0.2, 0) is 0 Å². The number of benzene rings is 3. The molecular weight excluding hydrogens is 537 g/mol. The number of hydrogen-bond donors (Lipinski definition) is 1. The highest BCUT2D eigenvalue weighted by Crippen LogP contribution is 2.28. The van der Waals surface area contributed by atoms with E-state index >= 15 is 0 Å². The fourth-order valence-corrected chi connectivity index (χ4v) is 3.66. The van der Waals surface area contributed by atoms with Gasteiger partial charge in [0.2, 0.25) is 5.89 Å². The van der Waals surface area contributed by atoms with E-state index in [-0.39, 0.29) is 11.4 Å². The van der Waals surface area contributed by atoms with Gasteiger partial charge in [-0.15, -0.1) is 0 Å². The van der Waals surface area contributed by atoms with E-state index in [1.807, 2.05) is 24.3 Å². The van der Waals surface area contributed by atoms with Crippen LogP contribution in [0.25, 0.3) is 33.9 Å². The second-order valence-corrected chi connectivity index (χ2v) is 8.38. The van der Waals surface area contributed by atoms with Crippen molar-refractivity contribution in [3.05, 3.63) is 98.3 Å². The molecule has 0 aliphatic carbocycles. The molecule has 9 heteroatoms. The smallest absolute Gasteiger partial charge is 0.291 e. The van der Waals surface area contributed by atoms with Gasteiger partial charge in [-0.25, -0.2) is 4.98 Å². The van der Waals surface area contributed by atoms with Crippen LogP contribution in [-0.4, -0.2) is 15.8 Å². The molecule has 33 heavy (non-hydrogen) atoms. The zero-order valence-corrected chi connectivity index (χ0v) is 19.0. The molecule has 0 fully saturated rings. The van der Waals surface area contributed by atoms with Gasteiger partial charge < -0.3 is 14.2 Å². The number of nitrogens with zero attached hydrogens (tertiary/aromatic N) is 2. The molecule has 0 aliphatic heterocycles. The Morgan fingerprint density at radius 3 is 2.55 bits per heavy atom. The Hall–Kier alpha value is -3.99. The molecule has 0 saturated heterocycles. The van der Waals surface area contributed by atoms with Crippen molar-refractivity contribution in [1.82, 2.24) is 4.98 Å². The predicted octanol–water partition coefficient (Wildman–Crippen LogP) is 6.52. The highest BCUT2D eigenvalue weighted by Gasteiger charge is 2.16. The zero-order chi connectivity index (χ0) is 22.9. The summed E-state index contributed by atoms with van der Waals surface area (Å²) in [6.45, 7) is 0. The molecule has 1 amide bonds. The molecule has 162 valence electrons. The number of nitrogens with one attached hydrogen (secondary N) is 1. The van der Waals surface area contributed by atoms with Crippen LogP contribution in [0.15, 0.2) is 87.7 Å². The number of furan rings is 1. The normalized spacial score (nSPS) is 10.9. The molecule has 5 rings (SSSR count). The van der Waals surface area contributed by atoms with Gasteiger partial charge in [0, 0.05) is 32.5 Å². The van der Waals surface area contributed by atoms with E-state index in [0.29, 0.717) is 34.0 Å². The summed E-state index contributed by atoms with van der Waals surface area (Å²) in [7, 11) is 0. The number of amides is 1. The van der Waals surface area contributed by atoms with Crippen molar-refractivity contribution in [3.8, 4) is 22.8 Å². The van der Waals surface area contributed by atoms with Crippen molar-refractivity contribution in [3.63, 3.8) is 0 Å². The van der Waals surface area contributed by atoms with Crippen LogP contribution in [0.1, 0.15) is 10.6 Å². The molecule has 0 saturated carbocycles. The lowest BCUT2D eigenvalue weighted by molar-refractivity contribution is -0.384. The summed E-state index contributed by atoms with van der Waals surface area (Å²) < 4.78 is 12.6. The van der Waals surface area contributed by atoms with E-state index in [0.717, 1.165) is 9.13 Å². The van der Waals surface area contributed by atoms with Gasteiger partial charge in [0.15, 0.2) is 11.3 Å². The molecular formula is C24H14IN3O5. The van der Waals surface area contributed by atoms with E-state index in [1.165, 1.54) is 18.2 Å². The molecule has 0 aliphatic rings. The number of carbonyl (C=O) groups excluding carboxylic acids is 1. The fourth-order valence-electron chi connectivity index (χ4n) is 3.30. The lowest BCUT2D eigenvalue weighted by Crippen LogP contribution is -2.10. The topological polar surface area (TPSA) is 111 Å². The van der Waals surface area contributed by atoms with Crippen LogP contribution < -0.4 is 5.32 Å². The van der Waals surface area contributed by atoms with Gasteiger partial charge in [0.05, 0.1) is 4.92 Å². The molecule has 2 heterocycles. The quantitative estimate of drug-likeness (QED) is 0.151. The van der Waals surface area contributed by atoms with Crippen LogP contribution in [0.3, 0.4) is 0 Å². The molecule has 2 aromatic heterocycles. The van der Waals surface area contributed by atoms with Crippen LogP contribution in [0, 0.1) is 13.7 Å². The second kappa shape index (κ2) is 8.51. The van der Waals surface area contributed by atoms with E-state index in [9.17, 15) is 14.9 Å². The highest BCUT2D eigenvalue weighted by atomic mass is 127. The van der Waals surface area contributed by atoms with Gasteiger partial charge in [-0.3, -0.25) is 14.9 Å². The summed E-state index contributed by atoms with van der Waals surface area (Å²) in [5.74, 6) is 0.485. The maximum absolute atomic E-state index is 12.7. The highest BCUT2D eigenvalue weighted by molar-refractivity contribution is 14.1. The Bertz CT molecular complexity index is 1500. The first-order chi connectivity index (χ1) is 16.0. The molecule has 8 nitrogen and oxygen atoms in total. The predicted molar refractivity (Wildman–Crippen MR) is 131 cm³/mol. The molecule has 0 unspecified atom stereocenters. The monoisotopic (exact) mass is 551 g/mol. The summed E-state index contributed by atoms with van der Waals surface area (Å²) in [5.41, 5.74) is 3.06. The molecule has 0 bridgehead atoms. The Balaban J connectivity index is 1.35. The fraction of sp³-hybridized carbons (Fsp3) is 0. The first-order valence-electron chi connectivity index (χ1n) is 9.79. The Morgan fingerprint density at radius 1 is 0.939 bits per heavy atom. The second-order valence-electron chi connectivity index (χ2n) is 7.13. The van der Waals surface area contributed by atoms with E-state index in [1.54, 1.807) is 36.4 Å². The van der Waals surface area contributed by atoms with Gasteiger partial charge in [0.1, 0.15) is 11.3 Å². The van der Waals surface area contributed by atoms with Crippen molar-refractivity contribution in [2.45, 2.75) is 0 Å². The van der Waals surface area contributed by atoms with Crippen molar-refractivity contribution in [1.29, 1.82) is 0 Å². The molecule has 5 aromatic rings. The maximum Gasteiger partial charge on any atom is 0.291 e. The van der Waals surface area contributed by atoms with E-state index in [2.05, 4.69) is 32.9 Å². The number of non-ortho nitro benzene ring substituents is 1. The van der Waals surface area contributed by atoms with Crippen molar-refractivity contribution in [2.75, 3.05) is 5.32 Å². The van der Waals surface area contributed by atoms with Crippen molar-refractivity contribution in [2.24, 2.45) is 0 Å². The Morgan fingerprint density at radius 2 is 1.76 bits per heavy atom. The average Bonchev–Trinajstić information content (AvgIpc) is 3.47. The number of oxazole rings is 1. The SMILES string of the molecule is O=C(Nc1ccc2oc(-c3ccc(I)cc3)nc2c1)c1ccc(-c2cccc([N+](=O)[O-])c2)o1. The summed E-state index contributed by atoms with van der Waals surface area (Å²) in [4.78, 5) is 27.7. The van der Waals surface area contributed by atoms with Crippen LogP contribution in [0.4, 0.5) is 11.4 Å². The van der Waals surface area contributed by atoms with E-state index < -0.39 is 10.8 Å². The Kier molecular flexibility index (Phi) is 5.38. The molecule has 0 atom stereocenters. The van der Waals surface area contributed by atoms with Crippen molar-refractivity contribution < 1.29 is 18.6 Å². The number of nitro benzene ring substituents is 1. The van der Waals surface area contributed by atoms with Crippen LogP contribution >= 0.6 is 22.6 Å².